The standard InChI is InChI=1S/C16H17N5O/c1-2-12(22)9-19-16-13-5-8-18-10-14(13)20-15(21-16)11-3-6-17-7-4-11/h3-8,10,12,22H,2,9H2,1H3,(H,19,20,21). The normalized spacial score (nSPS) is 12.3. The van der Waals surface area contributed by atoms with E-state index in [0.29, 0.717) is 24.6 Å². The summed E-state index contributed by atoms with van der Waals surface area (Å²) < 4.78 is 0. The van der Waals surface area contributed by atoms with Crippen LogP contribution in [0, 0.1) is 0 Å². The Morgan fingerprint density at radius 1 is 1.09 bits per heavy atom. The Kier molecular flexibility index (Phi) is 4.20. The maximum atomic E-state index is 9.75. The van der Waals surface area contributed by atoms with Crippen molar-refractivity contribution in [2.75, 3.05) is 11.9 Å². The van der Waals surface area contributed by atoms with Gasteiger partial charge in [-0.05, 0) is 24.6 Å². The number of anilines is 1. The van der Waals surface area contributed by atoms with Crippen LogP contribution in [-0.4, -0.2) is 37.7 Å². The first-order valence-corrected chi connectivity index (χ1v) is 7.22. The number of rotatable bonds is 5. The Bertz CT molecular complexity index is 763. The number of nitrogens with zero attached hydrogens (tertiary/aromatic N) is 4. The highest BCUT2D eigenvalue weighted by Crippen LogP contribution is 2.23. The second-order valence-electron chi connectivity index (χ2n) is 4.97. The van der Waals surface area contributed by atoms with Gasteiger partial charge in [0.25, 0.3) is 0 Å². The van der Waals surface area contributed by atoms with Crippen LogP contribution in [0.4, 0.5) is 5.82 Å². The maximum absolute atomic E-state index is 9.75. The summed E-state index contributed by atoms with van der Waals surface area (Å²) in [6, 6.07) is 5.59. The molecule has 0 radical (unpaired) electrons. The third kappa shape index (κ3) is 3.01. The number of aliphatic hydroxyl groups excluding tert-OH is 1. The fourth-order valence-corrected chi connectivity index (χ4v) is 2.10. The van der Waals surface area contributed by atoms with E-state index in [1.807, 2.05) is 25.1 Å². The molecule has 6 heteroatoms. The average Bonchev–Trinajstić information content (AvgIpc) is 2.59. The van der Waals surface area contributed by atoms with Crippen molar-refractivity contribution in [1.29, 1.82) is 0 Å². The number of nitrogens with one attached hydrogen (secondary N) is 1. The van der Waals surface area contributed by atoms with Gasteiger partial charge >= 0.3 is 0 Å². The second-order valence-corrected chi connectivity index (χ2v) is 4.97. The van der Waals surface area contributed by atoms with Crippen LogP contribution >= 0.6 is 0 Å². The maximum Gasteiger partial charge on any atom is 0.162 e. The van der Waals surface area contributed by atoms with E-state index in [1.165, 1.54) is 0 Å². The lowest BCUT2D eigenvalue weighted by atomic mass is 10.2. The molecule has 0 saturated carbocycles. The van der Waals surface area contributed by atoms with Gasteiger partial charge in [0.15, 0.2) is 5.82 Å². The number of hydrogen-bond acceptors (Lipinski definition) is 6. The summed E-state index contributed by atoms with van der Waals surface area (Å²) in [6.45, 7) is 2.39. The Balaban J connectivity index is 2.04. The van der Waals surface area contributed by atoms with Crippen LogP contribution in [0.25, 0.3) is 22.3 Å². The topological polar surface area (TPSA) is 83.8 Å². The number of aromatic nitrogens is 4. The zero-order valence-electron chi connectivity index (χ0n) is 12.3. The van der Waals surface area contributed by atoms with E-state index in [1.54, 1.807) is 24.8 Å². The van der Waals surface area contributed by atoms with Gasteiger partial charge < -0.3 is 10.4 Å². The van der Waals surface area contributed by atoms with E-state index in [-0.39, 0.29) is 0 Å². The van der Waals surface area contributed by atoms with Crippen molar-refractivity contribution in [3.05, 3.63) is 43.0 Å². The molecule has 0 bridgehead atoms. The molecule has 0 fully saturated rings. The molecular weight excluding hydrogens is 278 g/mol. The number of hydrogen-bond donors (Lipinski definition) is 2. The molecule has 3 rings (SSSR count). The summed E-state index contributed by atoms with van der Waals surface area (Å²) in [7, 11) is 0. The van der Waals surface area contributed by atoms with Crippen molar-refractivity contribution in [3.8, 4) is 11.4 Å². The van der Waals surface area contributed by atoms with Gasteiger partial charge in [0.05, 0.1) is 17.8 Å². The van der Waals surface area contributed by atoms with Crippen LogP contribution < -0.4 is 5.32 Å². The predicted molar refractivity (Wildman–Crippen MR) is 85.4 cm³/mol. The highest BCUT2D eigenvalue weighted by molar-refractivity contribution is 5.89. The summed E-state index contributed by atoms with van der Waals surface area (Å²) in [5.74, 6) is 1.31. The molecule has 0 amide bonds. The van der Waals surface area contributed by atoms with E-state index in [0.717, 1.165) is 16.5 Å². The summed E-state index contributed by atoms with van der Waals surface area (Å²) in [5, 5.41) is 13.8. The minimum atomic E-state index is -0.406. The van der Waals surface area contributed by atoms with Gasteiger partial charge in [0, 0.05) is 36.1 Å². The lowest BCUT2D eigenvalue weighted by Gasteiger charge is -2.13. The highest BCUT2D eigenvalue weighted by Gasteiger charge is 2.10. The molecule has 3 heterocycles. The Morgan fingerprint density at radius 2 is 1.86 bits per heavy atom. The first-order chi connectivity index (χ1) is 10.8. The van der Waals surface area contributed by atoms with Gasteiger partial charge in [0.2, 0.25) is 0 Å². The third-order valence-electron chi connectivity index (χ3n) is 3.41. The van der Waals surface area contributed by atoms with Gasteiger partial charge in [-0.3, -0.25) is 9.97 Å². The van der Waals surface area contributed by atoms with Crippen molar-refractivity contribution in [1.82, 2.24) is 19.9 Å². The van der Waals surface area contributed by atoms with E-state index in [9.17, 15) is 5.11 Å². The molecule has 112 valence electrons. The van der Waals surface area contributed by atoms with Crippen LogP contribution in [0.3, 0.4) is 0 Å². The molecule has 22 heavy (non-hydrogen) atoms. The SMILES string of the molecule is CCC(O)CNc1nc(-c2ccncc2)nc2cnccc12. The summed E-state index contributed by atoms with van der Waals surface area (Å²) in [4.78, 5) is 17.3. The molecule has 1 atom stereocenters. The zero-order chi connectivity index (χ0) is 15.4. The predicted octanol–water partition coefficient (Wildman–Crippen LogP) is 2.27. The lowest BCUT2D eigenvalue weighted by Crippen LogP contribution is -2.19. The van der Waals surface area contributed by atoms with E-state index in [2.05, 4.69) is 25.3 Å². The number of pyridine rings is 2. The first kappa shape index (κ1) is 14.3. The van der Waals surface area contributed by atoms with Gasteiger partial charge in [0.1, 0.15) is 5.82 Å². The van der Waals surface area contributed by atoms with Crippen molar-refractivity contribution < 1.29 is 5.11 Å². The molecule has 0 aliphatic rings. The van der Waals surface area contributed by atoms with E-state index < -0.39 is 6.10 Å². The van der Waals surface area contributed by atoms with Crippen molar-refractivity contribution >= 4 is 16.7 Å². The molecule has 3 aromatic rings. The monoisotopic (exact) mass is 295 g/mol. The summed E-state index contributed by atoms with van der Waals surface area (Å²) in [5.41, 5.74) is 1.65. The third-order valence-corrected chi connectivity index (χ3v) is 3.41. The quantitative estimate of drug-likeness (QED) is 0.751. The van der Waals surface area contributed by atoms with Crippen LogP contribution in [-0.2, 0) is 0 Å². The molecule has 0 saturated heterocycles. The summed E-state index contributed by atoms with van der Waals surface area (Å²) >= 11 is 0. The van der Waals surface area contributed by atoms with Crippen LogP contribution in [0.2, 0.25) is 0 Å². The fourth-order valence-electron chi connectivity index (χ4n) is 2.10. The minimum absolute atomic E-state index is 0.406. The molecule has 1 unspecified atom stereocenters. The van der Waals surface area contributed by atoms with E-state index >= 15 is 0 Å². The van der Waals surface area contributed by atoms with Crippen LogP contribution in [0.15, 0.2) is 43.0 Å². The Morgan fingerprint density at radius 3 is 2.64 bits per heavy atom. The highest BCUT2D eigenvalue weighted by atomic mass is 16.3. The van der Waals surface area contributed by atoms with Gasteiger partial charge in [-0.1, -0.05) is 6.92 Å². The smallest absolute Gasteiger partial charge is 0.162 e. The number of fused-ring (bicyclic) bond motifs is 1. The Hall–Kier alpha value is -2.60. The van der Waals surface area contributed by atoms with Gasteiger partial charge in [-0.2, -0.15) is 0 Å². The molecule has 0 aromatic carbocycles. The van der Waals surface area contributed by atoms with Gasteiger partial charge in [-0.25, -0.2) is 9.97 Å². The first-order valence-electron chi connectivity index (χ1n) is 7.22. The second kappa shape index (κ2) is 6.44. The number of aliphatic hydroxyl groups is 1. The van der Waals surface area contributed by atoms with E-state index in [4.69, 9.17) is 0 Å². The summed E-state index contributed by atoms with van der Waals surface area (Å²) in [6.07, 6.45) is 7.12. The minimum Gasteiger partial charge on any atom is -0.391 e. The van der Waals surface area contributed by atoms with Crippen molar-refractivity contribution in [2.45, 2.75) is 19.4 Å². The average molecular weight is 295 g/mol. The molecule has 0 aliphatic heterocycles. The molecular formula is C16H17N5O. The van der Waals surface area contributed by atoms with Crippen molar-refractivity contribution in [3.63, 3.8) is 0 Å². The zero-order valence-corrected chi connectivity index (χ0v) is 12.3. The van der Waals surface area contributed by atoms with Crippen molar-refractivity contribution in [2.24, 2.45) is 0 Å². The Labute approximate surface area is 128 Å². The van der Waals surface area contributed by atoms with Crippen LogP contribution in [0.5, 0.6) is 0 Å². The molecule has 3 aromatic heterocycles. The van der Waals surface area contributed by atoms with Crippen LogP contribution in [0.1, 0.15) is 13.3 Å². The molecule has 0 spiro atoms. The lowest BCUT2D eigenvalue weighted by molar-refractivity contribution is 0.183. The molecule has 0 aliphatic carbocycles. The largest absolute Gasteiger partial charge is 0.391 e. The molecule has 6 nitrogen and oxygen atoms in total. The molecule has 2 N–H and O–H groups in total. The fraction of sp³-hybridized carbons (Fsp3) is 0.250. The van der Waals surface area contributed by atoms with Gasteiger partial charge in [-0.15, -0.1) is 0 Å².